The predicted molar refractivity (Wildman–Crippen MR) is 212 cm³/mol. The molecule has 6 aliphatic rings. The molecule has 0 aromatic heterocycles. The zero-order valence-corrected chi connectivity index (χ0v) is 40.2. The molecule has 0 aromatic carbocycles. The number of alkyl carbamates (subject to hydrolysis) is 1. The molecule has 0 spiro atoms. The Labute approximate surface area is 362 Å². The molecule has 3 N–H and O–H groups in total. The van der Waals surface area contributed by atoms with Crippen LogP contribution in [0.15, 0.2) is 0 Å². The maximum absolute atomic E-state index is 13.7. The first-order valence-corrected chi connectivity index (χ1v) is 20.7. The zero-order chi connectivity index (χ0) is 42.2. The summed E-state index contributed by atoms with van der Waals surface area (Å²) in [6.07, 6.45) is 12.3. The Bertz CT molecular complexity index is 1350. The van der Waals surface area contributed by atoms with Gasteiger partial charge in [0.25, 0.3) is 0 Å². The van der Waals surface area contributed by atoms with Gasteiger partial charge in [-0.2, -0.15) is 0 Å². The summed E-state index contributed by atoms with van der Waals surface area (Å²) < 4.78 is 22.9. The first-order chi connectivity index (χ1) is 26.1. The molecule has 4 saturated heterocycles. The van der Waals surface area contributed by atoms with Gasteiger partial charge in [-0.3, -0.25) is 19.2 Å². The molecule has 0 aromatic rings. The molecule has 2 unspecified atom stereocenters. The van der Waals surface area contributed by atoms with Crippen molar-refractivity contribution in [3.8, 4) is 0 Å². The third-order valence-electron chi connectivity index (χ3n) is 12.4. The van der Waals surface area contributed by atoms with Gasteiger partial charge in [-0.05, 0) is 113 Å². The van der Waals surface area contributed by atoms with Crippen LogP contribution >= 0.6 is 0 Å². The number of ketones is 2. The van der Waals surface area contributed by atoms with E-state index in [0.717, 1.165) is 64.3 Å². The minimum atomic E-state index is -0.672. The van der Waals surface area contributed by atoms with E-state index in [-0.39, 0.29) is 95.8 Å². The summed E-state index contributed by atoms with van der Waals surface area (Å²) in [5, 5.41) is 14.8. The molecule has 0 radical (unpaired) electrons. The Hall–Kier alpha value is -1.52. The number of nitrogens with one attached hydrogen (secondary N) is 2. The number of carbonyl (C=O) groups is 5. The van der Waals surface area contributed by atoms with E-state index in [2.05, 4.69) is 31.9 Å². The van der Waals surface area contributed by atoms with E-state index in [1.807, 2.05) is 20.8 Å². The van der Waals surface area contributed by atoms with Crippen LogP contribution in [-0.2, 0) is 33.4 Å². The second-order valence-corrected chi connectivity index (χ2v) is 19.2. The van der Waals surface area contributed by atoms with Gasteiger partial charge in [-0.25, -0.2) is 6.17 Å². The Kier molecular flexibility index (Phi) is 18.4. The molecule has 0 bridgehead atoms. The number of ether oxygens (including phenoxy) is 3. The molecule has 6 fully saturated rings. The summed E-state index contributed by atoms with van der Waals surface area (Å²) in [5.41, 5.74) is -0.961. The molecule has 2 aliphatic carbocycles. The molecule has 6 rings (SSSR count). The van der Waals surface area contributed by atoms with Crippen LogP contribution in [0.2, 0.25) is 0 Å². The van der Waals surface area contributed by atoms with Crippen LogP contribution in [0.3, 0.4) is 0 Å². The number of carboxylic acid groups (broad SMARTS) is 1. The maximum atomic E-state index is 13.7. The van der Waals surface area contributed by atoms with E-state index < -0.39 is 29.7 Å². The zero-order valence-electron chi connectivity index (χ0n) is 37.0. The first-order valence-electron chi connectivity index (χ1n) is 21.4. The average molecular weight is 1020 g/mol. The Balaban J connectivity index is 0.000000340. The van der Waals surface area contributed by atoms with Crippen LogP contribution < -0.4 is 10.6 Å². The second-order valence-electron chi connectivity index (χ2n) is 19.2. The summed E-state index contributed by atoms with van der Waals surface area (Å²) in [6.45, 7) is 19.9. The summed E-state index contributed by atoms with van der Waals surface area (Å²) in [6, 6.07) is -1.13. The topological polar surface area (TPSA) is 161 Å². The van der Waals surface area contributed by atoms with Gasteiger partial charge in [0.2, 0.25) is 5.91 Å². The number of hydrogen-bond acceptors (Lipinski definition) is 9. The van der Waals surface area contributed by atoms with Crippen molar-refractivity contribution in [1.29, 1.82) is 0 Å². The molecule has 4 heterocycles. The van der Waals surface area contributed by atoms with Crippen molar-refractivity contribution in [3.63, 3.8) is 0 Å². The SMILES string of the molecule is CC(=O)[C@@H]1[C@H]2CC(C)(C)OC2CN1C(=O)[C@@H](NC(=O)OC(C)(C)C)C1CCCCC1.CC(=O)[C@H]1NCC2OC(C)(C)C[C@@H]21.C[C@H](C(=O)O)C1CCCCC1.[3H][CH2-].[U]. The van der Waals surface area contributed by atoms with Crippen LogP contribution in [0.25, 0.3) is 0 Å². The van der Waals surface area contributed by atoms with Crippen molar-refractivity contribution in [3.05, 3.63) is 7.40 Å². The molecular weight excluding hydrogens is 941 g/mol. The van der Waals surface area contributed by atoms with E-state index in [4.69, 9.17) is 20.7 Å². The minimum Gasteiger partial charge on any atom is -0.481 e. The number of aliphatic carboxylic acids is 1. The average Bonchev–Trinajstić information content (AvgIpc) is 3.83. The number of likely N-dealkylation sites (tertiary alicyclic amines) is 1. The van der Waals surface area contributed by atoms with Crippen molar-refractivity contribution in [2.75, 3.05) is 13.1 Å². The molecule has 12 nitrogen and oxygen atoms in total. The van der Waals surface area contributed by atoms with Gasteiger partial charge < -0.3 is 42.3 Å². The van der Waals surface area contributed by atoms with Crippen LogP contribution in [-0.4, -0.2) is 99.8 Å². The third-order valence-corrected chi connectivity index (χ3v) is 12.4. The number of Topliss-reactive ketones (excluding diaryl/α,β-unsaturated/α-hetero) is 2. The van der Waals surface area contributed by atoms with E-state index in [9.17, 15) is 24.0 Å². The van der Waals surface area contributed by atoms with Crippen molar-refractivity contribution in [1.82, 2.24) is 15.5 Å². The number of hydrogen-bond donors (Lipinski definition) is 3. The maximum Gasteiger partial charge on any atom is 0.408 e. The molecule has 8 atom stereocenters. The largest absolute Gasteiger partial charge is 0.481 e. The fourth-order valence-electron chi connectivity index (χ4n) is 9.93. The van der Waals surface area contributed by atoms with Crippen LogP contribution in [0.1, 0.15) is 148 Å². The minimum absolute atomic E-state index is 0. The molecule has 320 valence electrons. The van der Waals surface area contributed by atoms with Crippen LogP contribution in [0.5, 0.6) is 0 Å². The van der Waals surface area contributed by atoms with Gasteiger partial charge in [-0.15, -0.1) is 0 Å². The van der Waals surface area contributed by atoms with Gasteiger partial charge in [0, 0.05) is 56.0 Å². The van der Waals surface area contributed by atoms with Gasteiger partial charge in [0.05, 0.1) is 41.4 Å². The van der Waals surface area contributed by atoms with Crippen molar-refractivity contribution in [2.24, 2.45) is 29.6 Å². The standard InChI is InChI=1S/C23H38N2O5.C10H17NO2.C9H16O2.CH3.U/c1-14(26)19-16-12-23(5,6)29-17(16)13-25(19)20(27)18(15-10-8-7-9-11-15)24-21(28)30-22(2,3)4;1-6(12)9-7-4-10(2,3)13-8(7)5-11-9;1-7(9(10)11)8-5-3-2-4-6-8;;/h15-19H,7-13H2,1-6H3,(H,24,28);7-9,11H,4-5H2,1-3H3;7-8H,2-6H2,1H3,(H,10,11);1H3;/q;;;-1;/t16-,17?,18-,19+;7-,8?,9+;7-;;/m000../s1/i;;;1T;. The van der Waals surface area contributed by atoms with Crippen molar-refractivity contribution in [2.45, 2.75) is 193 Å². The fraction of sp³-hybridized carbons (Fsp3) is 0.860. The smallest absolute Gasteiger partial charge is 0.408 e. The summed E-state index contributed by atoms with van der Waals surface area (Å²) >= 11 is 0. The fourth-order valence-corrected chi connectivity index (χ4v) is 9.93. The van der Waals surface area contributed by atoms with E-state index >= 15 is 0 Å². The molecular formula is C43H74N3O9U-. The summed E-state index contributed by atoms with van der Waals surface area (Å²) in [4.78, 5) is 62.3. The number of carbonyl (C=O) groups excluding carboxylic acids is 4. The number of carboxylic acids is 1. The van der Waals surface area contributed by atoms with Crippen molar-refractivity contribution < 1.29 is 75.8 Å². The molecule has 2 saturated carbocycles. The van der Waals surface area contributed by atoms with Gasteiger partial charge >= 0.3 is 12.1 Å². The van der Waals surface area contributed by atoms with Crippen LogP contribution in [0, 0.1) is 68.1 Å². The second kappa shape index (κ2) is 21.1. The summed E-state index contributed by atoms with van der Waals surface area (Å²) in [7, 11) is 2.50. The Morgan fingerprint density at radius 3 is 1.82 bits per heavy atom. The van der Waals surface area contributed by atoms with E-state index in [1.54, 1.807) is 39.5 Å². The Morgan fingerprint density at radius 2 is 1.34 bits per heavy atom. The predicted octanol–water partition coefficient (Wildman–Crippen LogP) is 6.91. The Morgan fingerprint density at radius 1 is 0.839 bits per heavy atom. The third kappa shape index (κ3) is 13.8. The number of rotatable bonds is 7. The van der Waals surface area contributed by atoms with Gasteiger partial charge in [0.15, 0.2) is 5.78 Å². The van der Waals surface area contributed by atoms with Gasteiger partial charge in [0.1, 0.15) is 17.4 Å². The summed E-state index contributed by atoms with van der Waals surface area (Å²) in [5.74, 6) is 0.203. The number of amides is 2. The van der Waals surface area contributed by atoms with E-state index in [1.165, 1.54) is 19.3 Å². The molecule has 2 amide bonds. The molecule has 4 aliphatic heterocycles. The van der Waals surface area contributed by atoms with Crippen molar-refractivity contribution >= 4 is 29.5 Å². The van der Waals surface area contributed by atoms with Crippen LogP contribution in [0.4, 0.5) is 4.79 Å². The monoisotopic (exact) mass is 1020 g/mol. The molecule has 56 heavy (non-hydrogen) atoms. The quantitative estimate of drug-likeness (QED) is 0.229. The number of fused-ring (bicyclic) bond motifs is 2. The number of nitrogens with zero attached hydrogens (tertiary/aromatic N) is 1. The van der Waals surface area contributed by atoms with E-state index in [0.29, 0.717) is 18.4 Å². The molecule has 13 heteroatoms. The first kappa shape index (κ1) is 48.8. The van der Waals surface area contributed by atoms with Gasteiger partial charge in [-0.1, -0.05) is 45.4 Å². The normalized spacial score (nSPS) is 30.4.